The van der Waals surface area contributed by atoms with Gasteiger partial charge in [0.1, 0.15) is 12.6 Å². The predicted octanol–water partition coefficient (Wildman–Crippen LogP) is 1.10. The number of carbonyl (C=O) groups excluding carboxylic acids is 2. The monoisotopic (exact) mass is 429 g/mol. The Morgan fingerprint density at radius 3 is 2.94 bits per heavy atom. The standard InChI is InChI=1S/C21H25FN6O3/c1-15(29)26-12-18-13-28(21(30)31-18)17-5-6-20(19(22)10-17)27(14-23)9-8-24-11-16-4-2-3-7-25-16/h2-7,10,14,18,23-24H,8-9,11-13H2,1H3,(H,26,29)/p+1. The topological polar surface area (TPSA) is 113 Å². The van der Waals surface area contributed by atoms with Crippen LogP contribution in [0, 0.1) is 5.82 Å². The van der Waals surface area contributed by atoms with Gasteiger partial charge >= 0.3 is 6.09 Å². The van der Waals surface area contributed by atoms with E-state index in [0.29, 0.717) is 31.0 Å². The lowest BCUT2D eigenvalue weighted by atomic mass is 10.2. The molecule has 0 bridgehead atoms. The van der Waals surface area contributed by atoms with Crippen LogP contribution in [-0.4, -0.2) is 60.2 Å². The number of hydrogen-bond acceptors (Lipinski definition) is 5. The number of ether oxygens (including phenoxy) is 1. The van der Waals surface area contributed by atoms with E-state index in [9.17, 15) is 14.0 Å². The lowest BCUT2D eigenvalue weighted by molar-refractivity contribution is -0.436. The largest absolute Gasteiger partial charge is 0.442 e. The van der Waals surface area contributed by atoms with Gasteiger partial charge in [0.05, 0.1) is 24.5 Å². The van der Waals surface area contributed by atoms with Gasteiger partial charge in [-0.15, -0.1) is 0 Å². The van der Waals surface area contributed by atoms with Crippen molar-refractivity contribution in [2.45, 2.75) is 19.6 Å². The van der Waals surface area contributed by atoms with Crippen LogP contribution in [0.2, 0.25) is 0 Å². The summed E-state index contributed by atoms with van der Waals surface area (Å²) in [6.07, 6.45) is 1.97. The lowest BCUT2D eigenvalue weighted by Gasteiger charge is -2.15. The molecule has 1 unspecified atom stereocenters. The van der Waals surface area contributed by atoms with E-state index in [1.165, 1.54) is 24.2 Å². The number of rotatable bonds is 9. The second-order valence-corrected chi connectivity index (χ2v) is 7.03. The number of cyclic esters (lactones) is 1. The number of hydrogen-bond donors (Lipinski definition) is 3. The summed E-state index contributed by atoms with van der Waals surface area (Å²) in [6, 6.07) is 10.2. The maximum atomic E-state index is 14.8. The maximum absolute atomic E-state index is 14.8. The average molecular weight is 429 g/mol. The molecule has 4 N–H and O–H groups in total. The van der Waals surface area contributed by atoms with Gasteiger partial charge in [-0.25, -0.2) is 13.8 Å². The van der Waals surface area contributed by atoms with Crippen LogP contribution in [0.15, 0.2) is 42.6 Å². The number of aromatic nitrogens is 1. The summed E-state index contributed by atoms with van der Waals surface area (Å²) in [6.45, 7) is 3.43. The molecule has 10 heteroatoms. The second-order valence-electron chi connectivity index (χ2n) is 7.03. The van der Waals surface area contributed by atoms with Crippen molar-refractivity contribution in [2.24, 2.45) is 5.73 Å². The molecular weight excluding hydrogens is 403 g/mol. The third-order valence-electron chi connectivity index (χ3n) is 4.75. The molecule has 1 atom stereocenters. The number of nitrogens with zero attached hydrogens (tertiary/aromatic N) is 3. The van der Waals surface area contributed by atoms with Gasteiger partial charge < -0.3 is 15.4 Å². The molecule has 9 nitrogen and oxygen atoms in total. The van der Waals surface area contributed by atoms with Crippen LogP contribution in [0.5, 0.6) is 0 Å². The minimum absolute atomic E-state index is 0.208. The maximum Gasteiger partial charge on any atom is 0.414 e. The van der Waals surface area contributed by atoms with Crippen LogP contribution >= 0.6 is 0 Å². The van der Waals surface area contributed by atoms with Crippen LogP contribution in [-0.2, 0) is 16.1 Å². The number of pyridine rings is 1. The molecule has 3 rings (SSSR count). The summed E-state index contributed by atoms with van der Waals surface area (Å²) in [5.41, 5.74) is 7.29. The first kappa shape index (κ1) is 22.2. The third-order valence-corrected chi connectivity index (χ3v) is 4.75. The molecular formula is C21H26FN6O3+. The van der Waals surface area contributed by atoms with Crippen LogP contribution < -0.4 is 21.3 Å². The first-order valence-corrected chi connectivity index (χ1v) is 9.92. The number of benzene rings is 1. The number of halogens is 1. The van der Waals surface area contributed by atoms with Gasteiger partial charge in [-0.2, -0.15) is 0 Å². The quantitative estimate of drug-likeness (QED) is 0.238. The van der Waals surface area contributed by atoms with Gasteiger partial charge in [0.2, 0.25) is 12.2 Å². The zero-order chi connectivity index (χ0) is 22.2. The van der Waals surface area contributed by atoms with E-state index in [-0.39, 0.29) is 19.0 Å². The van der Waals surface area contributed by atoms with Crippen molar-refractivity contribution in [3.05, 3.63) is 54.1 Å². The molecule has 0 saturated carbocycles. The number of anilines is 1. The highest BCUT2D eigenvalue weighted by atomic mass is 19.1. The Kier molecular flexibility index (Phi) is 7.50. The van der Waals surface area contributed by atoms with Gasteiger partial charge in [0, 0.05) is 32.3 Å². The second kappa shape index (κ2) is 10.5. The third kappa shape index (κ3) is 5.98. The van der Waals surface area contributed by atoms with Gasteiger partial charge in [-0.05, 0) is 24.3 Å². The van der Waals surface area contributed by atoms with E-state index in [1.807, 2.05) is 18.2 Å². The molecule has 2 heterocycles. The van der Waals surface area contributed by atoms with Crippen molar-refractivity contribution >= 4 is 29.7 Å². The molecule has 2 aromatic rings. The number of nitrogens with two attached hydrogens (primary N) is 1. The molecule has 1 saturated heterocycles. The first-order valence-electron chi connectivity index (χ1n) is 9.92. The van der Waals surface area contributed by atoms with Crippen molar-refractivity contribution < 1.29 is 23.3 Å². The van der Waals surface area contributed by atoms with E-state index in [2.05, 4.69) is 15.6 Å². The Bertz CT molecular complexity index is 953. The Balaban J connectivity index is 1.58. The molecule has 0 aliphatic carbocycles. The molecule has 1 aliphatic rings. The predicted molar refractivity (Wildman–Crippen MR) is 114 cm³/mol. The van der Waals surface area contributed by atoms with Crippen molar-refractivity contribution in [1.82, 2.24) is 15.6 Å². The van der Waals surface area contributed by atoms with E-state index < -0.39 is 18.0 Å². The molecule has 1 aromatic carbocycles. The lowest BCUT2D eigenvalue weighted by Crippen LogP contribution is -2.33. The van der Waals surface area contributed by atoms with Crippen LogP contribution in [0.3, 0.4) is 0 Å². The van der Waals surface area contributed by atoms with Crippen LogP contribution in [0.4, 0.5) is 20.6 Å². The van der Waals surface area contributed by atoms with E-state index in [4.69, 9.17) is 10.5 Å². The van der Waals surface area contributed by atoms with Crippen LogP contribution in [0.1, 0.15) is 12.6 Å². The highest BCUT2D eigenvalue weighted by molar-refractivity contribution is 5.90. The van der Waals surface area contributed by atoms with Gasteiger partial charge in [0.25, 0.3) is 0 Å². The molecule has 1 fully saturated rings. The normalized spacial score (nSPS) is 16.3. The number of carbonyl (C=O) groups is 2. The molecule has 2 amide bonds. The Labute approximate surface area is 179 Å². The molecule has 31 heavy (non-hydrogen) atoms. The zero-order valence-corrected chi connectivity index (χ0v) is 17.3. The summed E-state index contributed by atoms with van der Waals surface area (Å²) in [5.74, 6) is -0.723. The molecule has 0 spiro atoms. The number of nitrogens with one attached hydrogen (secondary N) is 2. The fourth-order valence-electron chi connectivity index (χ4n) is 3.19. The van der Waals surface area contributed by atoms with Gasteiger partial charge in [-0.1, -0.05) is 6.07 Å². The van der Waals surface area contributed by atoms with Crippen molar-refractivity contribution in [1.29, 1.82) is 0 Å². The molecule has 1 aliphatic heterocycles. The highest BCUT2D eigenvalue weighted by Crippen LogP contribution is 2.27. The average Bonchev–Trinajstić information content (AvgIpc) is 3.14. The summed E-state index contributed by atoms with van der Waals surface area (Å²) in [7, 11) is 0. The van der Waals surface area contributed by atoms with E-state index in [1.54, 1.807) is 22.9 Å². The minimum atomic E-state index is -0.580. The van der Waals surface area contributed by atoms with Crippen molar-refractivity contribution in [3.63, 3.8) is 0 Å². The fraction of sp³-hybridized carbons (Fsp3) is 0.333. The van der Waals surface area contributed by atoms with Crippen LogP contribution in [0.25, 0.3) is 0 Å². The zero-order valence-electron chi connectivity index (χ0n) is 17.3. The fourth-order valence-corrected chi connectivity index (χ4v) is 3.19. The van der Waals surface area contributed by atoms with Crippen molar-refractivity contribution in [2.75, 3.05) is 31.1 Å². The van der Waals surface area contributed by atoms with Crippen molar-refractivity contribution in [3.8, 4) is 0 Å². The Morgan fingerprint density at radius 2 is 2.26 bits per heavy atom. The summed E-state index contributed by atoms with van der Waals surface area (Å²) < 4.78 is 21.6. The van der Waals surface area contributed by atoms with Gasteiger partial charge in [0.15, 0.2) is 11.5 Å². The Hall–Kier alpha value is -3.53. The van der Waals surface area contributed by atoms with Gasteiger partial charge in [-0.3, -0.25) is 20.4 Å². The first-order chi connectivity index (χ1) is 15.0. The molecule has 164 valence electrons. The summed E-state index contributed by atoms with van der Waals surface area (Å²) >= 11 is 0. The summed E-state index contributed by atoms with van der Waals surface area (Å²) in [5, 5.41) is 5.85. The molecule has 1 aromatic heterocycles. The SMILES string of the molecule is CC(=O)NCC1CN(c2ccc([N+](=CN)CCNCc3ccccn3)c(F)c2)C(=O)O1. The number of amides is 2. The highest BCUT2D eigenvalue weighted by Gasteiger charge is 2.33. The van der Waals surface area contributed by atoms with E-state index in [0.717, 1.165) is 5.69 Å². The summed E-state index contributed by atoms with van der Waals surface area (Å²) in [4.78, 5) is 28.7. The smallest absolute Gasteiger partial charge is 0.414 e. The Morgan fingerprint density at radius 1 is 1.42 bits per heavy atom. The van der Waals surface area contributed by atoms with E-state index >= 15 is 0 Å². The molecule has 0 radical (unpaired) electrons. The minimum Gasteiger partial charge on any atom is -0.442 e.